The molecule has 1 aromatic heterocycles. The molecule has 2 aromatic rings. The molecule has 0 fully saturated rings. The predicted octanol–water partition coefficient (Wildman–Crippen LogP) is 2.86. The number of hydrogen-bond donors (Lipinski definition) is 1. The van der Waals surface area contributed by atoms with Crippen molar-refractivity contribution in [3.05, 3.63) is 59.9 Å². The van der Waals surface area contributed by atoms with Crippen LogP contribution in [-0.4, -0.2) is 29.3 Å². The monoisotopic (exact) mass is 326 g/mol. The van der Waals surface area contributed by atoms with Crippen LogP contribution in [0.15, 0.2) is 48.7 Å². The maximum atomic E-state index is 12.0. The van der Waals surface area contributed by atoms with Gasteiger partial charge in [-0.3, -0.25) is 9.59 Å². The summed E-state index contributed by atoms with van der Waals surface area (Å²) in [5.74, 6) is -1.04. The average molecular weight is 326 g/mol. The van der Waals surface area contributed by atoms with E-state index in [9.17, 15) is 14.4 Å². The molecule has 1 heterocycles. The number of pyridine rings is 1. The molecule has 0 spiro atoms. The molecule has 6 nitrogen and oxygen atoms in total. The lowest BCUT2D eigenvalue weighted by Gasteiger charge is -2.06. The van der Waals surface area contributed by atoms with Crippen LogP contribution in [0.25, 0.3) is 0 Å². The molecule has 24 heavy (non-hydrogen) atoms. The summed E-state index contributed by atoms with van der Waals surface area (Å²) in [5.41, 5.74) is 1.17. The highest BCUT2D eigenvalue weighted by Crippen LogP contribution is 2.11. The smallest absolute Gasteiger partial charge is 0.357 e. The third-order valence-electron chi connectivity index (χ3n) is 3.18. The first kappa shape index (κ1) is 17.3. The summed E-state index contributed by atoms with van der Waals surface area (Å²) in [6.45, 7) is 1.56. The van der Waals surface area contributed by atoms with E-state index in [0.29, 0.717) is 17.7 Å². The molecule has 124 valence electrons. The number of aromatic nitrogens is 1. The number of benzene rings is 1. The maximum Gasteiger partial charge on any atom is 0.357 e. The van der Waals surface area contributed by atoms with Crippen molar-refractivity contribution >= 4 is 23.3 Å². The number of anilines is 1. The molecule has 0 aliphatic heterocycles. The van der Waals surface area contributed by atoms with Gasteiger partial charge in [-0.15, -0.1) is 0 Å². The van der Waals surface area contributed by atoms with E-state index >= 15 is 0 Å². The van der Waals surface area contributed by atoms with E-state index in [0.717, 1.165) is 6.42 Å². The number of rotatable bonds is 7. The number of Topliss-reactive ketones (excluding diaryl/α,β-unsaturated/α-hetero) is 1. The molecule has 1 aromatic carbocycles. The number of nitrogens with zero attached hydrogens (tertiary/aromatic N) is 1. The molecule has 0 aliphatic rings. The van der Waals surface area contributed by atoms with Gasteiger partial charge >= 0.3 is 5.97 Å². The third kappa shape index (κ3) is 5.01. The van der Waals surface area contributed by atoms with Gasteiger partial charge in [0.05, 0.1) is 0 Å². The average Bonchev–Trinajstić information content (AvgIpc) is 2.61. The number of esters is 1. The Morgan fingerprint density at radius 2 is 1.83 bits per heavy atom. The number of nitrogens with one attached hydrogen (secondary N) is 1. The number of carbonyl (C=O) groups is 3. The maximum absolute atomic E-state index is 12.0. The molecule has 0 radical (unpaired) electrons. The zero-order valence-corrected chi connectivity index (χ0v) is 13.3. The quantitative estimate of drug-likeness (QED) is 0.624. The normalized spacial score (nSPS) is 10.0. The van der Waals surface area contributed by atoms with Crippen LogP contribution in [0.4, 0.5) is 5.69 Å². The summed E-state index contributed by atoms with van der Waals surface area (Å²) in [7, 11) is 0. The van der Waals surface area contributed by atoms with Crippen molar-refractivity contribution in [1.29, 1.82) is 0 Å². The van der Waals surface area contributed by atoms with E-state index in [-0.39, 0.29) is 24.0 Å². The summed E-state index contributed by atoms with van der Waals surface area (Å²) in [6, 6.07) is 11.3. The first-order valence-corrected chi connectivity index (χ1v) is 7.61. The summed E-state index contributed by atoms with van der Waals surface area (Å²) in [4.78, 5) is 39.1. The summed E-state index contributed by atoms with van der Waals surface area (Å²) in [6.07, 6.45) is 2.69. The van der Waals surface area contributed by atoms with Gasteiger partial charge in [-0.2, -0.15) is 0 Å². The molecule has 6 heteroatoms. The van der Waals surface area contributed by atoms with Gasteiger partial charge in [0, 0.05) is 23.9 Å². The summed E-state index contributed by atoms with van der Waals surface area (Å²) in [5, 5.41) is 2.74. The van der Waals surface area contributed by atoms with Crippen LogP contribution in [0, 0.1) is 0 Å². The van der Waals surface area contributed by atoms with Gasteiger partial charge in [0.2, 0.25) is 5.91 Å². The van der Waals surface area contributed by atoms with Crippen LogP contribution < -0.4 is 5.32 Å². The first-order valence-electron chi connectivity index (χ1n) is 7.61. The van der Waals surface area contributed by atoms with Gasteiger partial charge in [0.1, 0.15) is 5.69 Å². The minimum Gasteiger partial charge on any atom is -0.453 e. The first-order chi connectivity index (χ1) is 11.6. The fraction of sp³-hybridized carbons (Fsp3) is 0.222. The molecular formula is C18H18N2O4. The minimum atomic E-state index is -0.646. The van der Waals surface area contributed by atoms with Crippen LogP contribution in [0.3, 0.4) is 0 Å². The van der Waals surface area contributed by atoms with E-state index in [1.165, 1.54) is 12.3 Å². The predicted molar refractivity (Wildman–Crippen MR) is 88.8 cm³/mol. The van der Waals surface area contributed by atoms with Crippen LogP contribution in [0.5, 0.6) is 0 Å². The molecule has 0 unspecified atom stereocenters. The van der Waals surface area contributed by atoms with Gasteiger partial charge in [-0.05, 0) is 42.8 Å². The Morgan fingerprint density at radius 3 is 2.46 bits per heavy atom. The number of ketones is 1. The van der Waals surface area contributed by atoms with Gasteiger partial charge in [-0.1, -0.05) is 13.0 Å². The van der Waals surface area contributed by atoms with Crippen molar-refractivity contribution in [2.24, 2.45) is 0 Å². The molecule has 0 saturated carbocycles. The topological polar surface area (TPSA) is 85.4 Å². The second-order valence-electron chi connectivity index (χ2n) is 5.09. The van der Waals surface area contributed by atoms with Crippen LogP contribution in [-0.2, 0) is 9.53 Å². The lowest BCUT2D eigenvalue weighted by Crippen LogP contribution is -2.15. The standard InChI is InChI=1S/C18H18N2O4/c1-2-5-17(22)20-14-9-7-13(8-10-14)16(21)12-24-18(23)15-6-3-4-11-19-15/h3-4,6-11H,2,5,12H2,1H3,(H,20,22). The molecule has 0 atom stereocenters. The number of hydrogen-bond acceptors (Lipinski definition) is 5. The molecule has 2 rings (SSSR count). The summed E-state index contributed by atoms with van der Waals surface area (Å²) < 4.78 is 4.95. The van der Waals surface area contributed by atoms with Gasteiger partial charge in [0.15, 0.2) is 12.4 Å². The van der Waals surface area contributed by atoms with Crippen molar-refractivity contribution in [1.82, 2.24) is 4.98 Å². The van der Waals surface area contributed by atoms with E-state index < -0.39 is 5.97 Å². The van der Waals surface area contributed by atoms with Crippen LogP contribution in [0.2, 0.25) is 0 Å². The second kappa shape index (κ2) is 8.57. The Hall–Kier alpha value is -3.02. The Labute approximate surface area is 139 Å². The Morgan fingerprint density at radius 1 is 1.08 bits per heavy atom. The zero-order chi connectivity index (χ0) is 17.4. The van der Waals surface area contributed by atoms with E-state index in [1.54, 1.807) is 36.4 Å². The fourth-order valence-electron chi connectivity index (χ4n) is 1.96. The Balaban J connectivity index is 1.88. The lowest BCUT2D eigenvalue weighted by molar-refractivity contribution is -0.116. The van der Waals surface area contributed by atoms with Gasteiger partial charge in [0.25, 0.3) is 0 Å². The van der Waals surface area contributed by atoms with Gasteiger partial charge in [-0.25, -0.2) is 9.78 Å². The van der Waals surface area contributed by atoms with E-state index in [4.69, 9.17) is 4.74 Å². The lowest BCUT2D eigenvalue weighted by atomic mass is 10.1. The molecule has 1 amide bonds. The SMILES string of the molecule is CCCC(=O)Nc1ccc(C(=O)COC(=O)c2ccccn2)cc1. The van der Waals surface area contributed by atoms with E-state index in [2.05, 4.69) is 10.3 Å². The highest BCUT2D eigenvalue weighted by molar-refractivity contribution is 5.99. The van der Waals surface area contributed by atoms with Crippen LogP contribution in [0.1, 0.15) is 40.6 Å². The van der Waals surface area contributed by atoms with Crippen molar-refractivity contribution in [3.63, 3.8) is 0 Å². The molecule has 1 N–H and O–H groups in total. The molecular weight excluding hydrogens is 308 g/mol. The molecule has 0 aliphatic carbocycles. The van der Waals surface area contributed by atoms with Crippen molar-refractivity contribution in [3.8, 4) is 0 Å². The van der Waals surface area contributed by atoms with Crippen LogP contribution >= 0.6 is 0 Å². The third-order valence-corrected chi connectivity index (χ3v) is 3.18. The van der Waals surface area contributed by atoms with Crippen molar-refractivity contribution < 1.29 is 19.1 Å². The largest absolute Gasteiger partial charge is 0.453 e. The number of amides is 1. The van der Waals surface area contributed by atoms with E-state index in [1.807, 2.05) is 6.92 Å². The Kier molecular flexibility index (Phi) is 6.19. The second-order valence-corrected chi connectivity index (χ2v) is 5.09. The highest BCUT2D eigenvalue weighted by atomic mass is 16.5. The Bertz CT molecular complexity index is 712. The summed E-state index contributed by atoms with van der Waals surface area (Å²) >= 11 is 0. The van der Waals surface area contributed by atoms with Crippen molar-refractivity contribution in [2.45, 2.75) is 19.8 Å². The van der Waals surface area contributed by atoms with Crippen molar-refractivity contribution in [2.75, 3.05) is 11.9 Å². The zero-order valence-electron chi connectivity index (χ0n) is 13.3. The fourth-order valence-corrected chi connectivity index (χ4v) is 1.96. The molecule has 0 bridgehead atoms. The number of ether oxygens (including phenoxy) is 1. The minimum absolute atomic E-state index is 0.0686. The molecule has 0 saturated heterocycles. The van der Waals surface area contributed by atoms with Gasteiger partial charge < -0.3 is 10.1 Å². The highest BCUT2D eigenvalue weighted by Gasteiger charge is 2.12. The number of carbonyl (C=O) groups excluding carboxylic acids is 3.